The zero-order valence-electron chi connectivity index (χ0n) is 12.4. The van der Waals surface area contributed by atoms with Crippen molar-refractivity contribution >= 4 is 11.8 Å². The number of hydrogen-bond donors (Lipinski definition) is 1. The maximum Gasteiger partial charge on any atom is 0.0169 e. The highest BCUT2D eigenvalue weighted by atomic mass is 32.2. The van der Waals surface area contributed by atoms with Crippen molar-refractivity contribution in [3.05, 3.63) is 0 Å². The molecule has 0 amide bonds. The molecule has 3 heteroatoms. The first-order chi connectivity index (χ1) is 8.55. The standard InChI is InChI=1S/C15H30N2S/c1-13(10-17-7-5-4-6-8-17)16-14-9-15(2,3)12-18-11-14/h13-14,16H,4-12H2,1-3H3. The minimum atomic E-state index is 0.519. The Kier molecular flexibility index (Phi) is 5.40. The number of piperidine rings is 1. The normalized spacial score (nSPS) is 31.2. The van der Waals surface area contributed by atoms with Gasteiger partial charge in [-0.2, -0.15) is 11.8 Å². The summed E-state index contributed by atoms with van der Waals surface area (Å²) in [5.74, 6) is 2.62. The molecular weight excluding hydrogens is 240 g/mol. The van der Waals surface area contributed by atoms with Crippen LogP contribution in [-0.4, -0.2) is 48.1 Å². The highest BCUT2D eigenvalue weighted by Crippen LogP contribution is 2.33. The summed E-state index contributed by atoms with van der Waals surface area (Å²) in [4.78, 5) is 2.64. The molecule has 2 aliphatic rings. The lowest BCUT2D eigenvalue weighted by atomic mass is 9.87. The first-order valence-electron chi connectivity index (χ1n) is 7.61. The molecule has 0 aromatic rings. The Morgan fingerprint density at radius 2 is 2.00 bits per heavy atom. The van der Waals surface area contributed by atoms with E-state index in [1.807, 2.05) is 0 Å². The molecule has 2 nitrogen and oxygen atoms in total. The molecule has 2 aliphatic heterocycles. The van der Waals surface area contributed by atoms with Crippen molar-refractivity contribution in [3.63, 3.8) is 0 Å². The summed E-state index contributed by atoms with van der Waals surface area (Å²) in [7, 11) is 0. The van der Waals surface area contributed by atoms with E-state index < -0.39 is 0 Å². The zero-order chi connectivity index (χ0) is 13.0. The molecule has 18 heavy (non-hydrogen) atoms. The van der Waals surface area contributed by atoms with Crippen LogP contribution in [0.3, 0.4) is 0 Å². The van der Waals surface area contributed by atoms with Gasteiger partial charge in [0.1, 0.15) is 0 Å². The molecule has 0 aromatic carbocycles. The van der Waals surface area contributed by atoms with E-state index >= 15 is 0 Å². The van der Waals surface area contributed by atoms with Gasteiger partial charge in [-0.05, 0) is 50.4 Å². The monoisotopic (exact) mass is 270 g/mol. The molecule has 2 heterocycles. The van der Waals surface area contributed by atoms with Gasteiger partial charge in [-0.3, -0.25) is 0 Å². The van der Waals surface area contributed by atoms with Crippen LogP contribution >= 0.6 is 11.8 Å². The van der Waals surface area contributed by atoms with Gasteiger partial charge in [0.2, 0.25) is 0 Å². The smallest absolute Gasteiger partial charge is 0.0169 e. The lowest BCUT2D eigenvalue weighted by Crippen LogP contribution is -2.49. The van der Waals surface area contributed by atoms with E-state index in [4.69, 9.17) is 0 Å². The van der Waals surface area contributed by atoms with Gasteiger partial charge in [-0.1, -0.05) is 20.3 Å². The number of thioether (sulfide) groups is 1. The van der Waals surface area contributed by atoms with E-state index in [-0.39, 0.29) is 0 Å². The van der Waals surface area contributed by atoms with Crippen molar-refractivity contribution < 1.29 is 0 Å². The fourth-order valence-corrected chi connectivity index (χ4v) is 4.64. The second kappa shape index (κ2) is 6.62. The third-order valence-electron chi connectivity index (χ3n) is 4.11. The molecule has 2 atom stereocenters. The maximum atomic E-state index is 3.86. The second-order valence-electron chi connectivity index (χ2n) is 7.01. The molecular formula is C15H30N2S. The summed E-state index contributed by atoms with van der Waals surface area (Å²) in [6.07, 6.45) is 5.58. The van der Waals surface area contributed by atoms with E-state index in [0.29, 0.717) is 11.5 Å². The van der Waals surface area contributed by atoms with Gasteiger partial charge in [0.25, 0.3) is 0 Å². The molecule has 2 saturated heterocycles. The van der Waals surface area contributed by atoms with E-state index in [1.165, 1.54) is 56.8 Å². The van der Waals surface area contributed by atoms with Crippen LogP contribution in [0.2, 0.25) is 0 Å². The van der Waals surface area contributed by atoms with Crippen LogP contribution in [-0.2, 0) is 0 Å². The molecule has 2 unspecified atom stereocenters. The molecule has 2 fully saturated rings. The van der Waals surface area contributed by atoms with Crippen LogP contribution in [0.1, 0.15) is 46.5 Å². The number of likely N-dealkylation sites (tertiary alicyclic amines) is 1. The number of hydrogen-bond acceptors (Lipinski definition) is 3. The number of nitrogens with zero attached hydrogens (tertiary/aromatic N) is 1. The molecule has 0 spiro atoms. The van der Waals surface area contributed by atoms with Crippen molar-refractivity contribution in [2.45, 2.75) is 58.5 Å². The minimum Gasteiger partial charge on any atom is -0.309 e. The summed E-state index contributed by atoms with van der Waals surface area (Å²) in [5.41, 5.74) is 0.519. The third kappa shape index (κ3) is 4.75. The highest BCUT2D eigenvalue weighted by molar-refractivity contribution is 7.99. The van der Waals surface area contributed by atoms with Gasteiger partial charge in [0, 0.05) is 24.4 Å². The van der Waals surface area contributed by atoms with Gasteiger partial charge in [0.15, 0.2) is 0 Å². The molecule has 0 radical (unpaired) electrons. The van der Waals surface area contributed by atoms with Crippen LogP contribution in [0.5, 0.6) is 0 Å². The summed E-state index contributed by atoms with van der Waals surface area (Å²) in [6, 6.07) is 1.36. The van der Waals surface area contributed by atoms with Crippen LogP contribution in [0.15, 0.2) is 0 Å². The summed E-state index contributed by atoms with van der Waals surface area (Å²) >= 11 is 2.12. The van der Waals surface area contributed by atoms with Gasteiger partial charge in [0.05, 0.1) is 0 Å². The molecule has 0 aromatic heterocycles. The van der Waals surface area contributed by atoms with Gasteiger partial charge >= 0.3 is 0 Å². The average Bonchev–Trinajstić information content (AvgIpc) is 2.28. The van der Waals surface area contributed by atoms with Crippen molar-refractivity contribution in [1.29, 1.82) is 0 Å². The van der Waals surface area contributed by atoms with Crippen LogP contribution in [0.25, 0.3) is 0 Å². The van der Waals surface area contributed by atoms with E-state index in [9.17, 15) is 0 Å². The number of rotatable bonds is 4. The fraction of sp³-hybridized carbons (Fsp3) is 1.00. The summed E-state index contributed by atoms with van der Waals surface area (Å²) in [6.45, 7) is 11.0. The second-order valence-corrected chi connectivity index (χ2v) is 8.04. The van der Waals surface area contributed by atoms with E-state index in [1.54, 1.807) is 0 Å². The van der Waals surface area contributed by atoms with Crippen LogP contribution in [0.4, 0.5) is 0 Å². The van der Waals surface area contributed by atoms with Crippen LogP contribution in [0, 0.1) is 5.41 Å². The van der Waals surface area contributed by atoms with Crippen LogP contribution < -0.4 is 5.32 Å². The van der Waals surface area contributed by atoms with Crippen molar-refractivity contribution in [1.82, 2.24) is 10.2 Å². The number of nitrogens with one attached hydrogen (secondary N) is 1. The molecule has 1 N–H and O–H groups in total. The highest BCUT2D eigenvalue weighted by Gasteiger charge is 2.29. The topological polar surface area (TPSA) is 15.3 Å². The predicted molar refractivity (Wildman–Crippen MR) is 82.4 cm³/mol. The predicted octanol–water partition coefficient (Wildman–Crippen LogP) is 2.98. The molecule has 0 bridgehead atoms. The van der Waals surface area contributed by atoms with Gasteiger partial charge in [-0.15, -0.1) is 0 Å². The Labute approximate surface area is 117 Å². The Bertz CT molecular complexity index is 249. The molecule has 0 aliphatic carbocycles. The zero-order valence-corrected chi connectivity index (χ0v) is 13.2. The van der Waals surface area contributed by atoms with E-state index in [2.05, 4.69) is 42.7 Å². The quantitative estimate of drug-likeness (QED) is 0.845. The third-order valence-corrected chi connectivity index (χ3v) is 5.74. The van der Waals surface area contributed by atoms with Gasteiger partial charge in [-0.25, -0.2) is 0 Å². The largest absolute Gasteiger partial charge is 0.309 e. The Hall–Kier alpha value is 0.270. The minimum absolute atomic E-state index is 0.519. The molecule has 2 rings (SSSR count). The van der Waals surface area contributed by atoms with Gasteiger partial charge < -0.3 is 10.2 Å². The SMILES string of the molecule is CC(CN1CCCCC1)NC1CSCC(C)(C)C1. The van der Waals surface area contributed by atoms with Crippen molar-refractivity contribution in [3.8, 4) is 0 Å². The van der Waals surface area contributed by atoms with Crippen molar-refractivity contribution in [2.24, 2.45) is 5.41 Å². The maximum absolute atomic E-state index is 3.86. The van der Waals surface area contributed by atoms with E-state index in [0.717, 1.165) is 6.04 Å². The molecule has 0 saturated carbocycles. The summed E-state index contributed by atoms with van der Waals surface area (Å²) in [5, 5.41) is 3.86. The lowest BCUT2D eigenvalue weighted by Gasteiger charge is -2.38. The average molecular weight is 270 g/mol. The first-order valence-corrected chi connectivity index (χ1v) is 8.77. The fourth-order valence-electron chi connectivity index (χ4n) is 3.35. The summed E-state index contributed by atoms with van der Waals surface area (Å²) < 4.78 is 0. The molecule has 106 valence electrons. The Morgan fingerprint density at radius 3 is 2.67 bits per heavy atom. The lowest BCUT2D eigenvalue weighted by molar-refractivity contribution is 0.199. The van der Waals surface area contributed by atoms with Crippen molar-refractivity contribution in [2.75, 3.05) is 31.1 Å². The Morgan fingerprint density at radius 1 is 1.28 bits per heavy atom. The first kappa shape index (κ1) is 14.7. The Balaban J connectivity index is 1.71.